The molecular formula is C21H33B. The first-order chi connectivity index (χ1) is 10.0. The fourth-order valence-electron chi connectivity index (χ4n) is 4.59. The van der Waals surface area contributed by atoms with E-state index >= 15 is 0 Å². The first-order valence-corrected chi connectivity index (χ1v) is 9.12. The second-order valence-electron chi connectivity index (χ2n) is 10.3. The fraction of sp³-hybridized carbons (Fsp3) is 0.714. The van der Waals surface area contributed by atoms with Crippen molar-refractivity contribution in [2.24, 2.45) is 10.8 Å². The maximum Gasteiger partial charge on any atom is 0.144 e. The molecule has 0 nitrogen and oxygen atoms in total. The van der Waals surface area contributed by atoms with Crippen molar-refractivity contribution in [1.29, 1.82) is 0 Å². The van der Waals surface area contributed by atoms with E-state index in [1.165, 1.54) is 24.6 Å². The van der Waals surface area contributed by atoms with Crippen LogP contribution in [0.15, 0.2) is 24.3 Å². The van der Waals surface area contributed by atoms with Gasteiger partial charge in [-0.2, -0.15) is 0 Å². The van der Waals surface area contributed by atoms with Crippen LogP contribution in [0, 0.1) is 10.8 Å². The van der Waals surface area contributed by atoms with Crippen LogP contribution in [0.25, 0.3) is 0 Å². The standard InChI is InChI=1S/C21H33B/c1-19(2,3)16-10-8-15(9-11-16)17-12-18(17)22-13-20(4,5)21(6,7)14-22/h8-11,17-18H,12-14H2,1-7H3/t17-,18-/m1/s1. The minimum Gasteiger partial charge on any atom is -0.0682 e. The lowest BCUT2D eigenvalue weighted by atomic mass is 9.42. The van der Waals surface area contributed by atoms with Crippen LogP contribution in [-0.4, -0.2) is 6.71 Å². The van der Waals surface area contributed by atoms with E-state index in [0.717, 1.165) is 18.4 Å². The van der Waals surface area contributed by atoms with E-state index in [4.69, 9.17) is 0 Å². The van der Waals surface area contributed by atoms with Gasteiger partial charge in [-0.3, -0.25) is 0 Å². The Morgan fingerprint density at radius 1 is 0.909 bits per heavy atom. The second-order valence-corrected chi connectivity index (χ2v) is 10.3. The van der Waals surface area contributed by atoms with Gasteiger partial charge in [-0.1, -0.05) is 91.2 Å². The minimum atomic E-state index is 0.265. The maximum absolute atomic E-state index is 2.47. The summed E-state index contributed by atoms with van der Waals surface area (Å²) in [5, 5.41) is 0. The number of hydrogen-bond acceptors (Lipinski definition) is 0. The summed E-state index contributed by atoms with van der Waals surface area (Å²) in [6.45, 7) is 17.7. The molecule has 22 heavy (non-hydrogen) atoms. The molecule has 2 atom stereocenters. The van der Waals surface area contributed by atoms with Crippen molar-refractivity contribution >= 4 is 6.71 Å². The van der Waals surface area contributed by atoms with Crippen LogP contribution in [0.5, 0.6) is 0 Å². The van der Waals surface area contributed by atoms with E-state index in [1.807, 2.05) is 0 Å². The Kier molecular flexibility index (Phi) is 3.59. The lowest BCUT2D eigenvalue weighted by Gasteiger charge is -2.35. The van der Waals surface area contributed by atoms with Crippen LogP contribution in [0.2, 0.25) is 18.5 Å². The Bertz CT molecular complexity index is 528. The van der Waals surface area contributed by atoms with Crippen molar-refractivity contribution in [2.75, 3.05) is 0 Å². The third-order valence-corrected chi connectivity index (χ3v) is 7.03. The Balaban J connectivity index is 1.68. The SMILES string of the molecule is CC(C)(C)c1ccc([C@H]2C[C@H]2B2CC(C)(C)C(C)(C)C2)cc1. The van der Waals surface area contributed by atoms with Crippen LogP contribution in [0.3, 0.4) is 0 Å². The third kappa shape index (κ3) is 2.77. The molecule has 0 bridgehead atoms. The van der Waals surface area contributed by atoms with Gasteiger partial charge >= 0.3 is 0 Å². The topological polar surface area (TPSA) is 0 Å². The van der Waals surface area contributed by atoms with E-state index in [-0.39, 0.29) is 5.41 Å². The predicted octanol–water partition coefficient (Wildman–Crippen LogP) is 6.40. The number of benzene rings is 1. The molecule has 120 valence electrons. The molecule has 1 heteroatoms. The molecule has 0 aromatic heterocycles. The highest BCUT2D eigenvalue weighted by atomic mass is 14.5. The lowest BCUT2D eigenvalue weighted by molar-refractivity contribution is 0.177. The van der Waals surface area contributed by atoms with Crippen LogP contribution < -0.4 is 0 Å². The van der Waals surface area contributed by atoms with Crippen molar-refractivity contribution < 1.29 is 0 Å². The van der Waals surface area contributed by atoms with Gasteiger partial charge in [0.25, 0.3) is 0 Å². The summed E-state index contributed by atoms with van der Waals surface area (Å²) in [5.74, 6) is 1.78. The van der Waals surface area contributed by atoms with Gasteiger partial charge < -0.3 is 0 Å². The lowest BCUT2D eigenvalue weighted by Crippen LogP contribution is -2.24. The Morgan fingerprint density at radius 2 is 1.41 bits per heavy atom. The van der Waals surface area contributed by atoms with E-state index in [2.05, 4.69) is 72.7 Å². The molecule has 0 spiro atoms. The van der Waals surface area contributed by atoms with Crippen molar-refractivity contribution in [1.82, 2.24) is 0 Å². The Labute approximate surface area is 138 Å². The van der Waals surface area contributed by atoms with E-state index in [0.29, 0.717) is 10.8 Å². The van der Waals surface area contributed by atoms with Gasteiger partial charge in [-0.05, 0) is 39.7 Å². The molecule has 2 aliphatic rings. The van der Waals surface area contributed by atoms with Gasteiger partial charge in [0.05, 0.1) is 0 Å². The van der Waals surface area contributed by atoms with Gasteiger partial charge in [0, 0.05) is 0 Å². The van der Waals surface area contributed by atoms with E-state index in [9.17, 15) is 0 Å². The summed E-state index contributed by atoms with van der Waals surface area (Å²) in [4.78, 5) is 0. The summed E-state index contributed by atoms with van der Waals surface area (Å²) in [6.07, 6.45) is 4.26. The average molecular weight is 296 g/mol. The van der Waals surface area contributed by atoms with Crippen molar-refractivity contribution in [3.63, 3.8) is 0 Å². The van der Waals surface area contributed by atoms with Crippen LogP contribution >= 0.6 is 0 Å². The monoisotopic (exact) mass is 296 g/mol. The molecule has 2 fully saturated rings. The highest BCUT2D eigenvalue weighted by Crippen LogP contribution is 2.64. The molecule has 0 radical (unpaired) electrons. The van der Waals surface area contributed by atoms with Gasteiger partial charge in [-0.15, -0.1) is 0 Å². The Hall–Kier alpha value is -0.715. The maximum atomic E-state index is 2.47. The zero-order valence-electron chi connectivity index (χ0n) is 15.7. The molecule has 1 aliphatic heterocycles. The van der Waals surface area contributed by atoms with Gasteiger partial charge in [0.15, 0.2) is 0 Å². The highest BCUT2D eigenvalue weighted by Gasteiger charge is 2.55. The predicted molar refractivity (Wildman–Crippen MR) is 99.2 cm³/mol. The molecule has 0 unspecified atom stereocenters. The smallest absolute Gasteiger partial charge is 0.0682 e. The molecule has 1 saturated carbocycles. The van der Waals surface area contributed by atoms with Crippen molar-refractivity contribution in [3.05, 3.63) is 35.4 Å². The summed E-state index contributed by atoms with van der Waals surface area (Å²) in [7, 11) is 0. The zero-order chi connectivity index (χ0) is 16.3. The normalized spacial score (nSPS) is 29.7. The minimum absolute atomic E-state index is 0.265. The van der Waals surface area contributed by atoms with E-state index < -0.39 is 0 Å². The highest BCUT2D eigenvalue weighted by molar-refractivity contribution is 6.63. The molecular weight excluding hydrogens is 263 g/mol. The molecule has 1 aliphatic carbocycles. The number of hydrogen-bond donors (Lipinski definition) is 0. The summed E-state index contributed by atoms with van der Waals surface area (Å²) in [5.41, 5.74) is 4.31. The van der Waals surface area contributed by atoms with Gasteiger partial charge in [-0.25, -0.2) is 0 Å². The molecule has 1 heterocycles. The molecule has 1 aromatic rings. The van der Waals surface area contributed by atoms with E-state index in [1.54, 1.807) is 5.56 Å². The summed E-state index contributed by atoms with van der Waals surface area (Å²) in [6, 6.07) is 9.51. The van der Waals surface area contributed by atoms with Crippen LogP contribution in [-0.2, 0) is 5.41 Å². The van der Waals surface area contributed by atoms with Crippen LogP contribution in [0.4, 0.5) is 0 Å². The largest absolute Gasteiger partial charge is 0.144 e. The molecule has 0 amide bonds. The molecule has 1 saturated heterocycles. The first kappa shape index (κ1) is 16.2. The van der Waals surface area contributed by atoms with Crippen LogP contribution in [0.1, 0.15) is 71.9 Å². The molecule has 1 aromatic carbocycles. The first-order valence-electron chi connectivity index (χ1n) is 9.12. The number of rotatable bonds is 2. The second kappa shape index (κ2) is 4.89. The van der Waals surface area contributed by atoms with Gasteiger partial charge in [0.1, 0.15) is 6.71 Å². The summed E-state index contributed by atoms with van der Waals surface area (Å²) >= 11 is 0. The van der Waals surface area contributed by atoms with Gasteiger partial charge in [0.2, 0.25) is 0 Å². The van der Waals surface area contributed by atoms with Crippen molar-refractivity contribution in [2.45, 2.75) is 84.7 Å². The fourth-order valence-corrected chi connectivity index (χ4v) is 4.59. The molecule has 3 rings (SSSR count). The average Bonchev–Trinajstić information content (AvgIpc) is 3.12. The van der Waals surface area contributed by atoms with Crippen molar-refractivity contribution in [3.8, 4) is 0 Å². The third-order valence-electron chi connectivity index (χ3n) is 7.03. The summed E-state index contributed by atoms with van der Waals surface area (Å²) < 4.78 is 0. The quantitative estimate of drug-likeness (QED) is 0.554. The molecule has 0 N–H and O–H groups in total. The zero-order valence-corrected chi connectivity index (χ0v) is 15.7. The Morgan fingerprint density at radius 3 is 1.86 bits per heavy atom.